The Bertz CT molecular complexity index is 1790. The van der Waals surface area contributed by atoms with E-state index >= 15 is 0 Å². The molecule has 0 saturated heterocycles. The van der Waals surface area contributed by atoms with Crippen molar-refractivity contribution < 1.29 is 49.0 Å². The van der Waals surface area contributed by atoms with Gasteiger partial charge in [0.25, 0.3) is 0 Å². The van der Waals surface area contributed by atoms with Gasteiger partial charge in [0.15, 0.2) is 0 Å². The van der Waals surface area contributed by atoms with Crippen LogP contribution in [0.2, 0.25) is 0 Å². The Balaban J connectivity index is 0.000000274. The maximum atomic E-state index is 3.26. The zero-order valence-corrected chi connectivity index (χ0v) is 35.6. The predicted molar refractivity (Wildman–Crippen MR) is 205 cm³/mol. The Morgan fingerprint density at radius 1 is 0.612 bits per heavy atom. The second-order valence-corrected chi connectivity index (χ2v) is 17.5. The number of hydrogen-bond acceptors (Lipinski definition) is 0. The molecule has 0 amide bonds. The van der Waals surface area contributed by atoms with Crippen LogP contribution < -0.4 is 24.8 Å². The molecule has 0 fully saturated rings. The Morgan fingerprint density at radius 2 is 1.00 bits per heavy atom. The molecule has 6 rings (SSSR count). The molecule has 1 aliphatic carbocycles. The van der Waals surface area contributed by atoms with E-state index in [2.05, 4.69) is 192 Å². The van der Waals surface area contributed by atoms with Gasteiger partial charge >= 0.3 is 99.2 Å². The Kier molecular flexibility index (Phi) is 15.0. The number of aryl methyl sites for hydroxylation is 2. The molecule has 0 aliphatic heterocycles. The summed E-state index contributed by atoms with van der Waals surface area (Å²) in [6.07, 6.45) is 7.65. The first kappa shape index (κ1) is 42.7. The van der Waals surface area contributed by atoms with E-state index in [1.165, 1.54) is 87.9 Å². The second-order valence-electron chi connectivity index (χ2n) is 16.2. The van der Waals surface area contributed by atoms with Gasteiger partial charge in [-0.25, -0.2) is 6.08 Å². The second kappa shape index (κ2) is 17.2. The monoisotopic (exact) mass is 766 g/mol. The molecule has 0 bridgehead atoms. The maximum absolute atomic E-state index is 3.26. The average molecular weight is 769 g/mol. The van der Waals surface area contributed by atoms with E-state index in [1.807, 2.05) is 0 Å². The van der Waals surface area contributed by atoms with Crippen LogP contribution in [0.5, 0.6) is 0 Å². The SMILES string of the molecule is CC1[C-]=CC(C(C)(C)C)=C1.Cc1cc2[cH-]c3cc(C)c(C(C)(C)C)cc3c2cc1C(C)(C)C.[Cl-].[Cl-].[Zr+2]=[C](c1ccccc1)c1ccccc1. The predicted octanol–water partition coefficient (Wildman–Crippen LogP) is 6.70. The van der Waals surface area contributed by atoms with E-state index in [9.17, 15) is 0 Å². The van der Waals surface area contributed by atoms with Gasteiger partial charge in [0.05, 0.1) is 0 Å². The molecular weight excluding hydrogens is 715 g/mol. The van der Waals surface area contributed by atoms with Crippen molar-refractivity contribution in [2.45, 2.75) is 93.9 Å². The van der Waals surface area contributed by atoms with Gasteiger partial charge < -0.3 is 24.8 Å². The third-order valence-corrected chi connectivity index (χ3v) is 10.4. The molecule has 0 saturated carbocycles. The van der Waals surface area contributed by atoms with E-state index in [0.29, 0.717) is 11.3 Å². The van der Waals surface area contributed by atoms with Crippen molar-refractivity contribution in [3.8, 4) is 0 Å². The summed E-state index contributed by atoms with van der Waals surface area (Å²) >= 11 is 1.46. The fourth-order valence-corrected chi connectivity index (χ4v) is 7.20. The Labute approximate surface area is 325 Å². The van der Waals surface area contributed by atoms with Gasteiger partial charge in [0.2, 0.25) is 0 Å². The molecule has 0 N–H and O–H groups in total. The summed E-state index contributed by atoms with van der Waals surface area (Å²) in [5.74, 6) is 0.522. The van der Waals surface area contributed by atoms with Gasteiger partial charge in [-0.2, -0.15) is 11.6 Å². The summed E-state index contributed by atoms with van der Waals surface area (Å²) in [6.45, 7) is 27.2. The normalized spacial score (nSPS) is 14.2. The number of fused-ring (bicyclic) bond motifs is 3. The molecule has 1 atom stereocenters. The number of benzene rings is 4. The van der Waals surface area contributed by atoms with Gasteiger partial charge in [-0.1, -0.05) is 115 Å². The first-order chi connectivity index (χ1) is 21.9. The van der Waals surface area contributed by atoms with Crippen molar-refractivity contribution in [2.75, 3.05) is 0 Å². The molecule has 0 nitrogen and oxygen atoms in total. The zero-order valence-electron chi connectivity index (χ0n) is 31.6. The number of hydrogen-bond donors (Lipinski definition) is 0. The molecule has 5 aromatic carbocycles. The van der Waals surface area contributed by atoms with Crippen LogP contribution in [0.1, 0.15) is 103 Å². The van der Waals surface area contributed by atoms with E-state index in [4.69, 9.17) is 0 Å². The van der Waals surface area contributed by atoms with Crippen molar-refractivity contribution in [3.05, 3.63) is 148 Å². The summed E-state index contributed by atoms with van der Waals surface area (Å²) in [7, 11) is 0. The van der Waals surface area contributed by atoms with Gasteiger partial charge in [0, 0.05) is 0 Å². The fraction of sp³-hybridized carbons (Fsp3) is 0.348. The standard InChI is InChI=1S/C23H29.C13H10.C10H15.2ClH.Zr/c1-14-9-16-11-17-10-15(2)21(23(6,7)8)13-19(17)18(16)12-20(14)22(3,4)5;1-3-7-12(8-4-1)11-13-9-5-2-6-10-13;1-8-5-6-9(7-8)10(2,3)4;;;/h9-13H,1-8H3;1-10H;6-8H,1-4H3;2*1H;/q-1;;-1;;;+2/p-2. The van der Waals surface area contributed by atoms with Crippen molar-refractivity contribution in [3.63, 3.8) is 0 Å². The summed E-state index contributed by atoms with van der Waals surface area (Å²) in [5, 5.41) is 5.55. The molecule has 0 aromatic heterocycles. The van der Waals surface area contributed by atoms with E-state index in [0.717, 1.165) is 0 Å². The number of halogens is 2. The van der Waals surface area contributed by atoms with Crippen LogP contribution in [0.3, 0.4) is 0 Å². The Hall–Kier alpha value is -2.44. The molecule has 49 heavy (non-hydrogen) atoms. The fourth-order valence-electron chi connectivity index (χ4n) is 6.38. The van der Waals surface area contributed by atoms with Crippen LogP contribution in [0.25, 0.3) is 21.5 Å². The van der Waals surface area contributed by atoms with Crippen LogP contribution in [0, 0.1) is 31.3 Å². The summed E-state index contributed by atoms with van der Waals surface area (Å²) in [4.78, 5) is 0. The van der Waals surface area contributed by atoms with Crippen LogP contribution in [-0.2, 0) is 35.1 Å². The van der Waals surface area contributed by atoms with Gasteiger partial charge in [-0.3, -0.25) is 6.08 Å². The molecular formula is C46H54Cl2Zr-2. The van der Waals surface area contributed by atoms with Crippen LogP contribution in [0.4, 0.5) is 0 Å². The van der Waals surface area contributed by atoms with E-state index < -0.39 is 0 Å². The first-order valence-electron chi connectivity index (χ1n) is 17.0. The van der Waals surface area contributed by atoms with Crippen LogP contribution in [0.15, 0.2) is 109 Å². The molecule has 0 spiro atoms. The van der Waals surface area contributed by atoms with E-state index in [-0.39, 0.29) is 35.6 Å². The minimum absolute atomic E-state index is 0. The Morgan fingerprint density at radius 3 is 1.29 bits per heavy atom. The topological polar surface area (TPSA) is 0 Å². The molecule has 0 heterocycles. The summed E-state index contributed by atoms with van der Waals surface area (Å²) < 4.78 is 1.42. The zero-order chi connectivity index (χ0) is 34.7. The number of rotatable bonds is 2. The minimum atomic E-state index is 0. The quantitative estimate of drug-likeness (QED) is 0.176. The average Bonchev–Trinajstić information content (AvgIpc) is 3.59. The van der Waals surface area contributed by atoms with Crippen LogP contribution >= 0.6 is 0 Å². The van der Waals surface area contributed by atoms with Crippen molar-refractivity contribution in [1.82, 2.24) is 0 Å². The van der Waals surface area contributed by atoms with E-state index in [1.54, 1.807) is 0 Å². The molecule has 1 aliphatic rings. The van der Waals surface area contributed by atoms with Crippen molar-refractivity contribution in [1.29, 1.82) is 0 Å². The summed E-state index contributed by atoms with van der Waals surface area (Å²) in [6, 6.07) is 33.0. The van der Waals surface area contributed by atoms with Crippen molar-refractivity contribution in [2.24, 2.45) is 11.3 Å². The first-order valence-corrected chi connectivity index (χ1v) is 18.3. The molecule has 1 unspecified atom stereocenters. The van der Waals surface area contributed by atoms with Gasteiger partial charge in [0.1, 0.15) is 0 Å². The van der Waals surface area contributed by atoms with Crippen LogP contribution in [-0.4, -0.2) is 3.21 Å². The molecule has 258 valence electrons. The molecule has 3 heteroatoms. The number of allylic oxidation sites excluding steroid dienone is 4. The molecule has 0 radical (unpaired) electrons. The van der Waals surface area contributed by atoms with Crippen molar-refractivity contribution >= 4 is 24.8 Å². The summed E-state index contributed by atoms with van der Waals surface area (Å²) in [5.41, 5.74) is 10.4. The third kappa shape index (κ3) is 11.0. The molecule has 5 aromatic rings. The van der Waals surface area contributed by atoms with Gasteiger partial charge in [-0.15, -0.1) is 39.7 Å². The van der Waals surface area contributed by atoms with Gasteiger partial charge in [-0.05, 0) is 24.7 Å². The third-order valence-electron chi connectivity index (χ3n) is 8.93.